The van der Waals surface area contributed by atoms with Crippen molar-refractivity contribution in [2.24, 2.45) is 11.8 Å². The van der Waals surface area contributed by atoms with Crippen LogP contribution in [0.1, 0.15) is 60.7 Å². The first-order valence-electron chi connectivity index (χ1n) is 9.72. The van der Waals surface area contributed by atoms with Crippen molar-refractivity contribution in [3.63, 3.8) is 0 Å². The maximum atomic E-state index is 12.7. The molecule has 2 atom stereocenters. The van der Waals surface area contributed by atoms with E-state index in [9.17, 15) is 19.2 Å². The predicted octanol–water partition coefficient (Wildman–Crippen LogP) is 2.16. The van der Waals surface area contributed by atoms with E-state index in [0.717, 1.165) is 17.7 Å². The molecule has 2 aliphatic rings. The third-order valence-electron chi connectivity index (χ3n) is 5.17. The van der Waals surface area contributed by atoms with Gasteiger partial charge in [-0.15, -0.1) is 0 Å². The van der Waals surface area contributed by atoms with Crippen molar-refractivity contribution in [2.45, 2.75) is 52.1 Å². The van der Waals surface area contributed by atoms with Gasteiger partial charge >= 0.3 is 5.97 Å². The minimum atomic E-state index is -1.05. The van der Waals surface area contributed by atoms with Crippen LogP contribution in [-0.2, 0) is 14.3 Å². The van der Waals surface area contributed by atoms with Crippen LogP contribution in [0.5, 0.6) is 0 Å². The number of amides is 3. The molecule has 1 heterocycles. The van der Waals surface area contributed by atoms with Crippen molar-refractivity contribution < 1.29 is 23.9 Å². The molecule has 1 N–H and O–H groups in total. The first kappa shape index (κ1) is 20.0. The Morgan fingerprint density at radius 2 is 1.68 bits per heavy atom. The second-order valence-electron chi connectivity index (χ2n) is 7.97. The number of fused-ring (bicyclic) bond motifs is 1. The van der Waals surface area contributed by atoms with Crippen molar-refractivity contribution in [3.05, 3.63) is 35.4 Å². The zero-order chi connectivity index (χ0) is 20.4. The first-order valence-corrected chi connectivity index (χ1v) is 9.72. The van der Waals surface area contributed by atoms with E-state index >= 15 is 0 Å². The highest BCUT2D eigenvalue weighted by molar-refractivity contribution is 6.22. The summed E-state index contributed by atoms with van der Waals surface area (Å²) in [5.74, 6) is -1.59. The van der Waals surface area contributed by atoms with Crippen LogP contribution in [0.2, 0.25) is 0 Å². The summed E-state index contributed by atoms with van der Waals surface area (Å²) in [6.45, 7) is 5.29. The molecule has 1 fully saturated rings. The average Bonchev–Trinajstić information content (AvgIpc) is 3.47. The topological polar surface area (TPSA) is 92.8 Å². The Morgan fingerprint density at radius 1 is 1.11 bits per heavy atom. The van der Waals surface area contributed by atoms with Gasteiger partial charge in [-0.2, -0.15) is 0 Å². The van der Waals surface area contributed by atoms with Crippen LogP contribution in [-0.4, -0.2) is 47.3 Å². The van der Waals surface area contributed by atoms with E-state index in [1.54, 1.807) is 24.3 Å². The average molecular weight is 386 g/mol. The van der Waals surface area contributed by atoms with Gasteiger partial charge in [-0.3, -0.25) is 19.3 Å². The number of carbonyl (C=O) groups excluding carboxylic acids is 4. The highest BCUT2D eigenvalue weighted by Gasteiger charge is 2.43. The van der Waals surface area contributed by atoms with Crippen molar-refractivity contribution in [1.29, 1.82) is 0 Å². The zero-order valence-corrected chi connectivity index (χ0v) is 16.4. The molecule has 1 aromatic carbocycles. The van der Waals surface area contributed by atoms with Gasteiger partial charge in [0.2, 0.25) is 0 Å². The predicted molar refractivity (Wildman–Crippen MR) is 101 cm³/mol. The summed E-state index contributed by atoms with van der Waals surface area (Å²) in [7, 11) is 0. The number of rotatable bonds is 8. The monoisotopic (exact) mass is 386 g/mol. The SMILES string of the molecule is CC(C)C[C@H](C(=O)OCC(=O)N[C@@H](C)C1CC1)N1C(=O)c2ccccc2C1=O. The highest BCUT2D eigenvalue weighted by atomic mass is 16.5. The smallest absolute Gasteiger partial charge is 0.329 e. The van der Waals surface area contributed by atoms with Crippen LogP contribution in [0, 0.1) is 11.8 Å². The molecule has 1 aliphatic carbocycles. The number of ether oxygens (including phenoxy) is 1. The minimum Gasteiger partial charge on any atom is -0.454 e. The van der Waals surface area contributed by atoms with Crippen molar-refractivity contribution in [2.75, 3.05) is 6.61 Å². The molecule has 0 bridgehead atoms. The lowest BCUT2D eigenvalue weighted by molar-refractivity contribution is -0.153. The minimum absolute atomic E-state index is 0.0468. The van der Waals surface area contributed by atoms with E-state index in [1.165, 1.54) is 0 Å². The van der Waals surface area contributed by atoms with E-state index < -0.39 is 30.4 Å². The van der Waals surface area contributed by atoms with Gasteiger partial charge in [-0.25, -0.2) is 4.79 Å². The second-order valence-corrected chi connectivity index (χ2v) is 7.97. The molecular weight excluding hydrogens is 360 g/mol. The largest absolute Gasteiger partial charge is 0.454 e. The Balaban J connectivity index is 1.68. The van der Waals surface area contributed by atoms with E-state index in [-0.39, 0.29) is 35.4 Å². The Morgan fingerprint density at radius 3 is 2.18 bits per heavy atom. The Labute approximate surface area is 164 Å². The Hall–Kier alpha value is -2.70. The molecule has 0 unspecified atom stereocenters. The molecule has 1 saturated carbocycles. The molecule has 0 saturated heterocycles. The molecule has 0 spiro atoms. The number of benzene rings is 1. The number of nitrogens with one attached hydrogen (secondary N) is 1. The molecule has 0 radical (unpaired) electrons. The molecule has 0 aromatic heterocycles. The third-order valence-corrected chi connectivity index (χ3v) is 5.17. The highest BCUT2D eigenvalue weighted by Crippen LogP contribution is 2.32. The number of carbonyl (C=O) groups is 4. The van der Waals surface area contributed by atoms with E-state index in [2.05, 4.69) is 5.32 Å². The van der Waals surface area contributed by atoms with Crippen molar-refractivity contribution in [1.82, 2.24) is 10.2 Å². The molecule has 7 nitrogen and oxygen atoms in total. The molecule has 28 heavy (non-hydrogen) atoms. The van der Waals surface area contributed by atoms with Gasteiger partial charge < -0.3 is 10.1 Å². The van der Waals surface area contributed by atoms with Crippen LogP contribution >= 0.6 is 0 Å². The lowest BCUT2D eigenvalue weighted by Crippen LogP contribution is -2.47. The molecule has 3 rings (SSSR count). The summed E-state index contributed by atoms with van der Waals surface area (Å²) < 4.78 is 5.18. The summed E-state index contributed by atoms with van der Waals surface area (Å²) >= 11 is 0. The van der Waals surface area contributed by atoms with Crippen LogP contribution < -0.4 is 5.32 Å². The summed E-state index contributed by atoms with van der Waals surface area (Å²) in [4.78, 5) is 51.1. The van der Waals surface area contributed by atoms with E-state index in [4.69, 9.17) is 4.74 Å². The fraction of sp³-hybridized carbons (Fsp3) is 0.524. The van der Waals surface area contributed by atoms with Crippen LogP contribution in [0.3, 0.4) is 0 Å². The number of imide groups is 1. The number of nitrogens with zero attached hydrogens (tertiary/aromatic N) is 1. The molecule has 1 aromatic rings. The summed E-state index contributed by atoms with van der Waals surface area (Å²) in [5, 5.41) is 2.81. The molecular formula is C21H26N2O5. The van der Waals surface area contributed by atoms with Crippen molar-refractivity contribution in [3.8, 4) is 0 Å². The number of hydrogen-bond acceptors (Lipinski definition) is 5. The zero-order valence-electron chi connectivity index (χ0n) is 16.4. The quantitative estimate of drug-likeness (QED) is 0.546. The summed E-state index contributed by atoms with van der Waals surface area (Å²) in [5.41, 5.74) is 0.565. The van der Waals surface area contributed by atoms with Gasteiger partial charge in [0.25, 0.3) is 17.7 Å². The molecule has 150 valence electrons. The van der Waals surface area contributed by atoms with Gasteiger partial charge in [-0.1, -0.05) is 26.0 Å². The van der Waals surface area contributed by atoms with Crippen LogP contribution in [0.25, 0.3) is 0 Å². The number of hydrogen-bond donors (Lipinski definition) is 1. The maximum absolute atomic E-state index is 12.7. The Kier molecular flexibility index (Phi) is 5.82. The molecule has 7 heteroatoms. The lowest BCUT2D eigenvalue weighted by Gasteiger charge is -2.26. The molecule has 3 amide bonds. The van der Waals surface area contributed by atoms with Gasteiger partial charge in [0.05, 0.1) is 11.1 Å². The normalized spacial score (nSPS) is 18.1. The first-order chi connectivity index (χ1) is 13.3. The Bertz CT molecular complexity index is 765. The second kappa shape index (κ2) is 8.12. The fourth-order valence-electron chi connectivity index (χ4n) is 3.49. The van der Waals surface area contributed by atoms with Gasteiger partial charge in [0.15, 0.2) is 6.61 Å². The number of esters is 1. The summed E-state index contributed by atoms with van der Waals surface area (Å²) in [6.07, 6.45) is 2.46. The fourth-order valence-corrected chi connectivity index (χ4v) is 3.49. The van der Waals surface area contributed by atoms with Crippen LogP contribution in [0.4, 0.5) is 0 Å². The van der Waals surface area contributed by atoms with Gasteiger partial charge in [-0.05, 0) is 50.2 Å². The van der Waals surface area contributed by atoms with E-state index in [0.29, 0.717) is 5.92 Å². The van der Waals surface area contributed by atoms with E-state index in [1.807, 2.05) is 20.8 Å². The van der Waals surface area contributed by atoms with Gasteiger partial charge in [0.1, 0.15) is 6.04 Å². The maximum Gasteiger partial charge on any atom is 0.329 e. The van der Waals surface area contributed by atoms with Crippen molar-refractivity contribution >= 4 is 23.7 Å². The summed E-state index contributed by atoms with van der Waals surface area (Å²) in [6, 6.07) is 5.48. The lowest BCUT2D eigenvalue weighted by atomic mass is 10.0. The standard InChI is InChI=1S/C21H26N2O5/c1-12(2)10-17(21(27)28-11-18(24)22-13(3)14-8-9-14)23-19(25)15-6-4-5-7-16(15)20(23)26/h4-7,12-14,17H,8-11H2,1-3H3,(H,22,24)/t13-,17+/m0/s1. The van der Waals surface area contributed by atoms with Gasteiger partial charge in [0, 0.05) is 6.04 Å². The molecule has 1 aliphatic heterocycles. The van der Waals surface area contributed by atoms with Crippen LogP contribution in [0.15, 0.2) is 24.3 Å². The third kappa shape index (κ3) is 4.24.